The first-order chi connectivity index (χ1) is 21.3. The molecule has 4 unspecified atom stereocenters. The standard InChI is InChI=1S/C32H40N2O11/c1-17(2)29(36)43-16-42-27-24(40-7)12-13-33-25(27)28(35)34-23-15-41-31(38)22(14-21-10-8-19(5)9-11-21)26(20(6)44-32(23)39)45-30(37)18(3)4/h8-13,17-18,20,22-23,26H,14-16H2,1-7H3,(H,34,35). The van der Waals surface area contributed by atoms with Crippen LogP contribution < -0.4 is 14.8 Å². The third kappa shape index (κ3) is 9.40. The predicted molar refractivity (Wildman–Crippen MR) is 158 cm³/mol. The first-order valence-corrected chi connectivity index (χ1v) is 14.6. The summed E-state index contributed by atoms with van der Waals surface area (Å²) in [6.45, 7) is 8.92. The van der Waals surface area contributed by atoms with Crippen molar-refractivity contribution in [3.8, 4) is 11.5 Å². The number of carbonyl (C=O) groups is 5. The van der Waals surface area contributed by atoms with E-state index in [1.807, 2.05) is 31.2 Å². The van der Waals surface area contributed by atoms with Crippen LogP contribution in [0, 0.1) is 24.7 Å². The van der Waals surface area contributed by atoms with Crippen molar-refractivity contribution in [1.82, 2.24) is 10.3 Å². The van der Waals surface area contributed by atoms with Gasteiger partial charge in [-0.15, -0.1) is 0 Å². The first-order valence-electron chi connectivity index (χ1n) is 14.6. The average Bonchev–Trinajstić information content (AvgIpc) is 3.03. The van der Waals surface area contributed by atoms with Crippen LogP contribution in [-0.2, 0) is 44.5 Å². The smallest absolute Gasteiger partial charge is 0.332 e. The number of ether oxygens (including phenoxy) is 6. The lowest BCUT2D eigenvalue weighted by Crippen LogP contribution is -2.47. The Morgan fingerprint density at radius 2 is 1.67 bits per heavy atom. The molecule has 1 amide bonds. The van der Waals surface area contributed by atoms with Gasteiger partial charge in [0.25, 0.3) is 5.91 Å². The van der Waals surface area contributed by atoms with E-state index in [2.05, 4.69) is 10.3 Å². The van der Waals surface area contributed by atoms with Gasteiger partial charge in [-0.25, -0.2) is 9.78 Å². The molecule has 244 valence electrons. The van der Waals surface area contributed by atoms with E-state index in [-0.39, 0.29) is 23.6 Å². The number of nitrogens with one attached hydrogen (secondary N) is 1. The number of cyclic esters (lactones) is 2. The van der Waals surface area contributed by atoms with Gasteiger partial charge in [0.1, 0.15) is 18.6 Å². The molecule has 45 heavy (non-hydrogen) atoms. The predicted octanol–water partition coefficient (Wildman–Crippen LogP) is 2.95. The molecule has 4 atom stereocenters. The number of carbonyl (C=O) groups excluding carboxylic acids is 5. The Hall–Kier alpha value is -4.68. The highest BCUT2D eigenvalue weighted by molar-refractivity contribution is 5.98. The van der Waals surface area contributed by atoms with E-state index < -0.39 is 79.2 Å². The molecule has 1 fully saturated rings. The molecule has 0 saturated carbocycles. The molecular weight excluding hydrogens is 588 g/mol. The van der Waals surface area contributed by atoms with Gasteiger partial charge in [-0.1, -0.05) is 57.5 Å². The number of hydrogen-bond acceptors (Lipinski definition) is 12. The largest absolute Gasteiger partial charge is 0.493 e. The Balaban J connectivity index is 1.86. The van der Waals surface area contributed by atoms with E-state index in [9.17, 15) is 24.0 Å². The number of aryl methyl sites for hydroxylation is 1. The first kappa shape index (κ1) is 34.8. The van der Waals surface area contributed by atoms with E-state index in [1.54, 1.807) is 27.7 Å². The molecule has 2 aromatic rings. The fourth-order valence-corrected chi connectivity index (χ4v) is 4.29. The Morgan fingerprint density at radius 1 is 1.00 bits per heavy atom. The molecule has 1 aliphatic rings. The minimum Gasteiger partial charge on any atom is -0.493 e. The highest BCUT2D eigenvalue weighted by Crippen LogP contribution is 2.30. The maximum Gasteiger partial charge on any atom is 0.332 e. The maximum atomic E-state index is 13.5. The summed E-state index contributed by atoms with van der Waals surface area (Å²) in [5.41, 5.74) is 1.52. The van der Waals surface area contributed by atoms with E-state index in [1.165, 1.54) is 26.3 Å². The van der Waals surface area contributed by atoms with E-state index in [0.717, 1.165) is 11.1 Å². The van der Waals surface area contributed by atoms with Crippen molar-refractivity contribution in [3.05, 3.63) is 53.3 Å². The van der Waals surface area contributed by atoms with Gasteiger partial charge in [-0.3, -0.25) is 19.2 Å². The molecule has 0 spiro atoms. The van der Waals surface area contributed by atoms with E-state index >= 15 is 0 Å². The van der Waals surface area contributed by atoms with Crippen LogP contribution in [0.25, 0.3) is 0 Å². The lowest BCUT2D eigenvalue weighted by atomic mass is 9.90. The molecule has 2 heterocycles. The second kappa shape index (κ2) is 15.9. The zero-order valence-corrected chi connectivity index (χ0v) is 26.5. The highest BCUT2D eigenvalue weighted by Gasteiger charge is 2.42. The Bertz CT molecular complexity index is 1370. The molecule has 1 N–H and O–H groups in total. The van der Waals surface area contributed by atoms with E-state index in [4.69, 9.17) is 28.4 Å². The number of pyridine rings is 1. The van der Waals surface area contributed by atoms with Crippen molar-refractivity contribution in [2.24, 2.45) is 17.8 Å². The quantitative estimate of drug-likeness (QED) is 0.220. The van der Waals surface area contributed by atoms with Crippen LogP contribution in [0.2, 0.25) is 0 Å². The third-order valence-corrected chi connectivity index (χ3v) is 6.93. The van der Waals surface area contributed by atoms with Crippen molar-refractivity contribution < 1.29 is 52.4 Å². The van der Waals surface area contributed by atoms with Crippen molar-refractivity contribution in [1.29, 1.82) is 0 Å². The zero-order chi connectivity index (χ0) is 33.3. The Morgan fingerprint density at radius 3 is 2.29 bits per heavy atom. The summed E-state index contributed by atoms with van der Waals surface area (Å²) >= 11 is 0. The third-order valence-electron chi connectivity index (χ3n) is 6.93. The number of benzene rings is 1. The molecule has 1 aromatic carbocycles. The monoisotopic (exact) mass is 628 g/mol. The van der Waals surface area contributed by atoms with Gasteiger partial charge in [0.2, 0.25) is 6.79 Å². The van der Waals surface area contributed by atoms with Gasteiger partial charge >= 0.3 is 23.9 Å². The summed E-state index contributed by atoms with van der Waals surface area (Å²) < 4.78 is 32.7. The van der Waals surface area contributed by atoms with Gasteiger partial charge in [-0.05, 0) is 25.8 Å². The minimum atomic E-state index is -1.46. The fraction of sp³-hybridized carbons (Fsp3) is 0.500. The van der Waals surface area contributed by atoms with Crippen LogP contribution in [0.15, 0.2) is 36.5 Å². The number of rotatable bonds is 11. The molecule has 1 aliphatic heterocycles. The van der Waals surface area contributed by atoms with Gasteiger partial charge in [0.15, 0.2) is 29.3 Å². The molecular formula is C32H40N2O11. The second-order valence-electron chi connectivity index (χ2n) is 11.2. The molecule has 0 aliphatic carbocycles. The summed E-state index contributed by atoms with van der Waals surface area (Å²) in [6.07, 6.45) is -0.816. The van der Waals surface area contributed by atoms with Gasteiger partial charge in [0.05, 0.1) is 18.9 Å². The second-order valence-corrected chi connectivity index (χ2v) is 11.2. The number of aromatic nitrogens is 1. The van der Waals surface area contributed by atoms with Crippen molar-refractivity contribution >= 4 is 29.8 Å². The van der Waals surface area contributed by atoms with Crippen molar-refractivity contribution in [2.45, 2.75) is 66.2 Å². The lowest BCUT2D eigenvalue weighted by Gasteiger charge is -2.29. The van der Waals surface area contributed by atoms with Gasteiger partial charge in [-0.2, -0.15) is 0 Å². The molecule has 1 saturated heterocycles. The minimum absolute atomic E-state index is 0.113. The topological polar surface area (TPSA) is 166 Å². The zero-order valence-electron chi connectivity index (χ0n) is 26.5. The molecule has 1 aromatic heterocycles. The maximum absolute atomic E-state index is 13.5. The van der Waals surface area contributed by atoms with Crippen LogP contribution in [0.4, 0.5) is 0 Å². The summed E-state index contributed by atoms with van der Waals surface area (Å²) in [5.74, 6) is -5.62. The molecule has 0 radical (unpaired) electrons. The molecule has 0 bridgehead atoms. The number of nitrogens with zero attached hydrogens (tertiary/aromatic N) is 1. The summed E-state index contributed by atoms with van der Waals surface area (Å²) in [5, 5.41) is 2.47. The van der Waals surface area contributed by atoms with Crippen molar-refractivity contribution in [2.75, 3.05) is 20.5 Å². The fourth-order valence-electron chi connectivity index (χ4n) is 4.29. The lowest BCUT2D eigenvalue weighted by molar-refractivity contribution is -0.176. The van der Waals surface area contributed by atoms with Gasteiger partial charge < -0.3 is 33.7 Å². The van der Waals surface area contributed by atoms with E-state index in [0.29, 0.717) is 0 Å². The number of amides is 1. The average molecular weight is 629 g/mol. The normalized spacial score (nSPS) is 20.2. The van der Waals surface area contributed by atoms with Crippen LogP contribution in [0.3, 0.4) is 0 Å². The number of hydrogen-bond donors (Lipinski definition) is 1. The SMILES string of the molecule is COc1ccnc(C(=O)NC2COC(=O)C(Cc3ccc(C)cc3)C(OC(=O)C(C)C)C(C)OC2=O)c1OCOC(=O)C(C)C. The highest BCUT2D eigenvalue weighted by atomic mass is 16.7. The van der Waals surface area contributed by atoms with Crippen LogP contribution in [-0.4, -0.2) is 73.5 Å². The van der Waals surface area contributed by atoms with Crippen LogP contribution >= 0.6 is 0 Å². The van der Waals surface area contributed by atoms with Crippen LogP contribution in [0.5, 0.6) is 11.5 Å². The van der Waals surface area contributed by atoms with Crippen LogP contribution in [0.1, 0.15) is 56.2 Å². The molecule has 13 heteroatoms. The number of methoxy groups -OCH3 is 1. The summed E-state index contributed by atoms with van der Waals surface area (Å²) in [4.78, 5) is 68.7. The summed E-state index contributed by atoms with van der Waals surface area (Å²) in [7, 11) is 1.34. The number of esters is 4. The molecule has 3 rings (SSSR count). The molecule has 13 nitrogen and oxygen atoms in total. The van der Waals surface area contributed by atoms with Crippen molar-refractivity contribution in [3.63, 3.8) is 0 Å². The van der Waals surface area contributed by atoms with Gasteiger partial charge in [0, 0.05) is 12.3 Å². The summed E-state index contributed by atoms with van der Waals surface area (Å²) in [6, 6.07) is 7.45. The Labute approximate surface area is 261 Å². The Kier molecular flexibility index (Phi) is 12.3.